The maximum atomic E-state index is 10.9. The van der Waals surface area contributed by atoms with Gasteiger partial charge in [-0.1, -0.05) is 24.1 Å². The molecule has 1 aromatic carbocycles. The predicted octanol–water partition coefficient (Wildman–Crippen LogP) is 2.27. The summed E-state index contributed by atoms with van der Waals surface area (Å²) < 4.78 is 4.44. The molecule has 3 nitrogen and oxygen atoms in total. The lowest BCUT2D eigenvalue weighted by molar-refractivity contribution is -0.133. The van der Waals surface area contributed by atoms with E-state index in [4.69, 9.17) is 0 Å². The van der Waals surface area contributed by atoms with Gasteiger partial charge in [0.05, 0.1) is 12.8 Å². The van der Waals surface area contributed by atoms with Crippen LogP contribution in [0.4, 0.5) is 0 Å². The number of methoxy groups -OCH3 is 1. The van der Waals surface area contributed by atoms with Gasteiger partial charge in [0.15, 0.2) is 0 Å². The normalized spacial score (nSPS) is 9.17. The molecule has 0 bridgehead atoms. The molecule has 2 rings (SSSR count). The SMILES string of the molecule is COC(=O)C#Cc1ccc(-c2ccccn2)cc1. The van der Waals surface area contributed by atoms with Crippen LogP contribution in [0.2, 0.25) is 0 Å². The molecule has 0 amide bonds. The van der Waals surface area contributed by atoms with E-state index in [1.807, 2.05) is 42.5 Å². The van der Waals surface area contributed by atoms with Crippen LogP contribution in [-0.2, 0) is 9.53 Å². The molecule has 0 aliphatic carbocycles. The molecule has 0 N–H and O–H groups in total. The van der Waals surface area contributed by atoms with Crippen LogP contribution in [0.15, 0.2) is 48.7 Å². The number of pyridine rings is 1. The van der Waals surface area contributed by atoms with E-state index in [9.17, 15) is 4.79 Å². The van der Waals surface area contributed by atoms with Crippen LogP contribution in [0.5, 0.6) is 0 Å². The Labute approximate surface area is 105 Å². The lowest BCUT2D eigenvalue weighted by Crippen LogP contribution is -1.94. The second-order valence-electron chi connectivity index (χ2n) is 3.53. The summed E-state index contributed by atoms with van der Waals surface area (Å²) in [7, 11) is 1.31. The highest BCUT2D eigenvalue weighted by Crippen LogP contribution is 2.16. The van der Waals surface area contributed by atoms with Crippen LogP contribution < -0.4 is 0 Å². The Morgan fingerprint density at radius 3 is 2.56 bits per heavy atom. The van der Waals surface area contributed by atoms with Crippen LogP contribution >= 0.6 is 0 Å². The first-order valence-electron chi connectivity index (χ1n) is 5.41. The van der Waals surface area contributed by atoms with E-state index >= 15 is 0 Å². The van der Waals surface area contributed by atoms with Crippen molar-refractivity contribution >= 4 is 5.97 Å². The van der Waals surface area contributed by atoms with Gasteiger partial charge in [0.1, 0.15) is 0 Å². The Hall–Kier alpha value is -2.60. The zero-order chi connectivity index (χ0) is 12.8. The standard InChI is InChI=1S/C15H11NO2/c1-18-15(17)10-7-12-5-8-13(9-6-12)14-4-2-3-11-16-14/h2-6,8-9,11H,1H3. The molecule has 0 aliphatic heterocycles. The highest BCUT2D eigenvalue weighted by atomic mass is 16.5. The Kier molecular flexibility index (Phi) is 3.72. The minimum absolute atomic E-state index is 0.538. The zero-order valence-corrected chi connectivity index (χ0v) is 9.88. The molecule has 0 saturated heterocycles. The molecule has 0 atom stereocenters. The van der Waals surface area contributed by atoms with Gasteiger partial charge in [-0.3, -0.25) is 4.98 Å². The fraction of sp³-hybridized carbons (Fsp3) is 0.0667. The summed E-state index contributed by atoms with van der Waals surface area (Å²) in [6.07, 6.45) is 1.75. The van der Waals surface area contributed by atoms with Crippen molar-refractivity contribution in [3.8, 4) is 23.1 Å². The van der Waals surface area contributed by atoms with Crippen molar-refractivity contribution in [2.24, 2.45) is 0 Å². The predicted molar refractivity (Wildman–Crippen MR) is 68.6 cm³/mol. The quantitative estimate of drug-likeness (QED) is 0.564. The van der Waals surface area contributed by atoms with Crippen LogP contribution in [0, 0.1) is 11.8 Å². The molecule has 2 aromatic rings. The number of hydrogen-bond donors (Lipinski definition) is 0. The van der Waals surface area contributed by atoms with Crippen molar-refractivity contribution in [3.63, 3.8) is 0 Å². The fourth-order valence-corrected chi connectivity index (χ4v) is 1.43. The Balaban J connectivity index is 2.20. The second kappa shape index (κ2) is 5.65. The topological polar surface area (TPSA) is 39.2 Å². The minimum Gasteiger partial charge on any atom is -0.459 e. The zero-order valence-electron chi connectivity index (χ0n) is 9.88. The van der Waals surface area contributed by atoms with E-state index in [-0.39, 0.29) is 0 Å². The van der Waals surface area contributed by atoms with Crippen molar-refractivity contribution in [2.75, 3.05) is 7.11 Å². The van der Waals surface area contributed by atoms with Gasteiger partial charge in [-0.05, 0) is 24.3 Å². The maximum absolute atomic E-state index is 10.9. The van der Waals surface area contributed by atoms with Gasteiger partial charge in [-0.15, -0.1) is 0 Å². The van der Waals surface area contributed by atoms with Crippen molar-refractivity contribution in [1.29, 1.82) is 0 Å². The van der Waals surface area contributed by atoms with E-state index in [1.54, 1.807) is 6.20 Å². The number of rotatable bonds is 1. The lowest BCUT2D eigenvalue weighted by atomic mass is 10.1. The number of hydrogen-bond acceptors (Lipinski definition) is 3. The molecular weight excluding hydrogens is 226 g/mol. The fourth-order valence-electron chi connectivity index (χ4n) is 1.43. The number of benzene rings is 1. The monoisotopic (exact) mass is 237 g/mol. The second-order valence-corrected chi connectivity index (χ2v) is 3.53. The highest BCUT2D eigenvalue weighted by molar-refractivity contribution is 5.89. The Morgan fingerprint density at radius 2 is 1.94 bits per heavy atom. The number of aromatic nitrogens is 1. The summed E-state index contributed by atoms with van der Waals surface area (Å²) in [6, 6.07) is 13.3. The highest BCUT2D eigenvalue weighted by Gasteiger charge is 1.97. The molecule has 1 heterocycles. The average molecular weight is 237 g/mol. The number of ether oxygens (including phenoxy) is 1. The van der Waals surface area contributed by atoms with Crippen molar-refractivity contribution in [3.05, 3.63) is 54.2 Å². The summed E-state index contributed by atoms with van der Waals surface area (Å²) in [4.78, 5) is 15.1. The molecule has 0 unspecified atom stereocenters. The molecule has 0 spiro atoms. The molecule has 0 saturated carbocycles. The van der Waals surface area contributed by atoms with Crippen molar-refractivity contribution in [2.45, 2.75) is 0 Å². The van der Waals surface area contributed by atoms with E-state index in [0.717, 1.165) is 16.8 Å². The third-order valence-corrected chi connectivity index (χ3v) is 2.34. The Morgan fingerprint density at radius 1 is 1.17 bits per heavy atom. The molecular formula is C15H11NO2. The molecule has 3 heteroatoms. The summed E-state index contributed by atoms with van der Waals surface area (Å²) >= 11 is 0. The van der Waals surface area contributed by atoms with Gasteiger partial charge >= 0.3 is 5.97 Å². The summed E-state index contributed by atoms with van der Waals surface area (Å²) in [5.74, 6) is 4.57. The van der Waals surface area contributed by atoms with Gasteiger partial charge < -0.3 is 4.74 Å². The summed E-state index contributed by atoms with van der Waals surface area (Å²) in [5, 5.41) is 0. The molecule has 0 fully saturated rings. The van der Waals surface area contributed by atoms with Crippen LogP contribution in [0.3, 0.4) is 0 Å². The van der Waals surface area contributed by atoms with Gasteiger partial charge in [0.25, 0.3) is 0 Å². The first-order valence-corrected chi connectivity index (χ1v) is 5.41. The lowest BCUT2D eigenvalue weighted by Gasteiger charge is -1.99. The number of esters is 1. The van der Waals surface area contributed by atoms with E-state index in [1.165, 1.54) is 7.11 Å². The van der Waals surface area contributed by atoms with Crippen LogP contribution in [-0.4, -0.2) is 18.1 Å². The van der Waals surface area contributed by atoms with Gasteiger partial charge in [-0.25, -0.2) is 4.79 Å². The van der Waals surface area contributed by atoms with E-state index < -0.39 is 5.97 Å². The van der Waals surface area contributed by atoms with Crippen LogP contribution in [0.1, 0.15) is 5.56 Å². The first-order chi connectivity index (χ1) is 8.79. The van der Waals surface area contributed by atoms with E-state index in [0.29, 0.717) is 0 Å². The molecule has 88 valence electrons. The third-order valence-electron chi connectivity index (χ3n) is 2.34. The smallest absolute Gasteiger partial charge is 0.384 e. The van der Waals surface area contributed by atoms with Gasteiger partial charge in [0, 0.05) is 23.2 Å². The number of carbonyl (C=O) groups excluding carboxylic acids is 1. The largest absolute Gasteiger partial charge is 0.459 e. The molecule has 1 aromatic heterocycles. The minimum atomic E-state index is -0.538. The number of nitrogens with zero attached hydrogens (tertiary/aromatic N) is 1. The van der Waals surface area contributed by atoms with E-state index in [2.05, 4.69) is 21.6 Å². The molecule has 0 aliphatic rings. The van der Waals surface area contributed by atoms with Gasteiger partial charge in [-0.2, -0.15) is 0 Å². The third kappa shape index (κ3) is 2.96. The average Bonchev–Trinajstić information content (AvgIpc) is 2.46. The first kappa shape index (κ1) is 11.9. The molecule has 0 radical (unpaired) electrons. The maximum Gasteiger partial charge on any atom is 0.384 e. The number of carbonyl (C=O) groups is 1. The Bertz CT molecular complexity index is 592. The van der Waals surface area contributed by atoms with Crippen molar-refractivity contribution < 1.29 is 9.53 Å². The summed E-state index contributed by atoms with van der Waals surface area (Å²) in [5.41, 5.74) is 2.68. The van der Waals surface area contributed by atoms with Crippen molar-refractivity contribution in [1.82, 2.24) is 4.98 Å². The van der Waals surface area contributed by atoms with Gasteiger partial charge in [0.2, 0.25) is 0 Å². The summed E-state index contributed by atoms with van der Waals surface area (Å²) in [6.45, 7) is 0. The molecule has 18 heavy (non-hydrogen) atoms. The van der Waals surface area contributed by atoms with Crippen LogP contribution in [0.25, 0.3) is 11.3 Å².